The Balaban J connectivity index is 1.59. The van der Waals surface area contributed by atoms with Crippen molar-refractivity contribution in [3.05, 3.63) is 57.4 Å². The van der Waals surface area contributed by atoms with Crippen LogP contribution < -0.4 is 16.2 Å². The van der Waals surface area contributed by atoms with Crippen LogP contribution in [0.2, 0.25) is 5.22 Å². The van der Waals surface area contributed by atoms with Crippen LogP contribution in [0.15, 0.2) is 39.5 Å². The predicted octanol–water partition coefficient (Wildman–Crippen LogP) is 1.77. The molecule has 1 amide bonds. The van der Waals surface area contributed by atoms with E-state index in [0.717, 1.165) is 25.2 Å². The standard InChI is InChI=1S/C17H18ClN3O3/c18-15-5-4-14(24-15)17(23)20-9-13-11-6-10(7-19-8-11)12-2-1-3-16(22)21(12)13/h1-5,10-11,13,19H,6-9H2,(H,20,23)/t10-,11+,13+/m1/s1. The number of carbonyl (C=O) groups is 1. The largest absolute Gasteiger partial charge is 0.440 e. The Labute approximate surface area is 143 Å². The zero-order valence-electron chi connectivity index (χ0n) is 13.0. The molecule has 2 aliphatic rings. The highest BCUT2D eigenvalue weighted by Crippen LogP contribution is 2.38. The van der Waals surface area contributed by atoms with Crippen molar-refractivity contribution < 1.29 is 9.21 Å². The molecular formula is C17H18ClN3O3. The van der Waals surface area contributed by atoms with Crippen LogP contribution in [0.4, 0.5) is 0 Å². The van der Waals surface area contributed by atoms with Gasteiger partial charge in [-0.2, -0.15) is 0 Å². The summed E-state index contributed by atoms with van der Waals surface area (Å²) in [5, 5.41) is 6.49. The number of hydrogen-bond donors (Lipinski definition) is 2. The van der Waals surface area contributed by atoms with Gasteiger partial charge >= 0.3 is 0 Å². The molecule has 4 rings (SSSR count). The Morgan fingerprint density at radius 1 is 1.33 bits per heavy atom. The van der Waals surface area contributed by atoms with Gasteiger partial charge in [0.2, 0.25) is 0 Å². The molecule has 1 fully saturated rings. The van der Waals surface area contributed by atoms with Gasteiger partial charge in [-0.05, 0) is 42.1 Å². The number of hydrogen-bond acceptors (Lipinski definition) is 4. The second-order valence-corrected chi connectivity index (χ2v) is 6.76. The van der Waals surface area contributed by atoms with E-state index in [2.05, 4.69) is 10.6 Å². The van der Waals surface area contributed by atoms with Crippen molar-refractivity contribution in [2.45, 2.75) is 18.4 Å². The lowest BCUT2D eigenvalue weighted by atomic mass is 9.79. The number of halogens is 1. The van der Waals surface area contributed by atoms with Crippen LogP contribution in [0.3, 0.4) is 0 Å². The van der Waals surface area contributed by atoms with Gasteiger partial charge in [0, 0.05) is 37.3 Å². The van der Waals surface area contributed by atoms with E-state index < -0.39 is 0 Å². The summed E-state index contributed by atoms with van der Waals surface area (Å²) in [5.41, 5.74) is 1.04. The molecule has 0 aromatic carbocycles. The molecule has 2 aromatic rings. The summed E-state index contributed by atoms with van der Waals surface area (Å²) in [6, 6.07) is 8.41. The fourth-order valence-corrected chi connectivity index (χ4v) is 4.03. The molecule has 2 aliphatic heterocycles. The maximum absolute atomic E-state index is 12.4. The molecule has 0 radical (unpaired) electrons. The zero-order chi connectivity index (χ0) is 16.7. The summed E-state index contributed by atoms with van der Waals surface area (Å²) in [5.74, 6) is 0.528. The molecule has 24 heavy (non-hydrogen) atoms. The summed E-state index contributed by atoms with van der Waals surface area (Å²) in [7, 11) is 0. The molecule has 126 valence electrons. The highest BCUT2D eigenvalue weighted by molar-refractivity contribution is 6.29. The van der Waals surface area contributed by atoms with Crippen molar-refractivity contribution in [1.29, 1.82) is 0 Å². The maximum Gasteiger partial charge on any atom is 0.287 e. The second-order valence-electron chi connectivity index (χ2n) is 6.39. The van der Waals surface area contributed by atoms with Crippen molar-refractivity contribution in [2.75, 3.05) is 19.6 Å². The number of piperidine rings is 1. The first kappa shape index (κ1) is 15.5. The van der Waals surface area contributed by atoms with E-state index in [1.54, 1.807) is 6.07 Å². The van der Waals surface area contributed by atoms with E-state index in [4.69, 9.17) is 16.0 Å². The molecule has 1 saturated heterocycles. The normalized spacial score (nSPS) is 25.1. The number of nitrogens with zero attached hydrogens (tertiary/aromatic N) is 1. The Bertz CT molecular complexity index is 828. The number of rotatable bonds is 3. The maximum atomic E-state index is 12.4. The predicted molar refractivity (Wildman–Crippen MR) is 89.5 cm³/mol. The third-order valence-electron chi connectivity index (χ3n) is 4.97. The highest BCUT2D eigenvalue weighted by Gasteiger charge is 2.37. The average Bonchev–Trinajstić information content (AvgIpc) is 3.02. The van der Waals surface area contributed by atoms with E-state index in [-0.39, 0.29) is 28.5 Å². The van der Waals surface area contributed by atoms with Crippen LogP contribution in [0, 0.1) is 5.92 Å². The number of nitrogens with one attached hydrogen (secondary N) is 2. The van der Waals surface area contributed by atoms with Gasteiger partial charge in [-0.25, -0.2) is 0 Å². The lowest BCUT2D eigenvalue weighted by Gasteiger charge is -2.43. The molecule has 6 nitrogen and oxygen atoms in total. The summed E-state index contributed by atoms with van der Waals surface area (Å²) in [4.78, 5) is 24.6. The van der Waals surface area contributed by atoms with Gasteiger partial charge in [0.05, 0.1) is 6.04 Å². The summed E-state index contributed by atoms with van der Waals surface area (Å²) in [6.07, 6.45) is 1.03. The van der Waals surface area contributed by atoms with E-state index >= 15 is 0 Å². The third-order valence-corrected chi connectivity index (χ3v) is 5.17. The summed E-state index contributed by atoms with van der Waals surface area (Å²) < 4.78 is 6.99. The number of fused-ring (bicyclic) bond motifs is 4. The number of aromatic nitrogens is 1. The minimum Gasteiger partial charge on any atom is -0.440 e. The minimum atomic E-state index is -0.321. The van der Waals surface area contributed by atoms with E-state index in [0.29, 0.717) is 18.4 Å². The van der Waals surface area contributed by atoms with Gasteiger partial charge in [-0.3, -0.25) is 9.59 Å². The summed E-state index contributed by atoms with van der Waals surface area (Å²) in [6.45, 7) is 2.13. The fraction of sp³-hybridized carbons (Fsp3) is 0.412. The van der Waals surface area contributed by atoms with Gasteiger partial charge in [-0.15, -0.1) is 0 Å². The second kappa shape index (κ2) is 6.11. The Kier molecular flexibility index (Phi) is 3.94. The van der Waals surface area contributed by atoms with Crippen molar-refractivity contribution in [3.63, 3.8) is 0 Å². The number of pyridine rings is 1. The van der Waals surface area contributed by atoms with E-state index in [9.17, 15) is 9.59 Å². The van der Waals surface area contributed by atoms with Crippen LogP contribution in [0.5, 0.6) is 0 Å². The average molecular weight is 348 g/mol. The monoisotopic (exact) mass is 347 g/mol. The van der Waals surface area contributed by atoms with Crippen LogP contribution in [-0.2, 0) is 0 Å². The number of furan rings is 1. The van der Waals surface area contributed by atoms with E-state index in [1.165, 1.54) is 12.1 Å². The molecular weight excluding hydrogens is 330 g/mol. The van der Waals surface area contributed by atoms with Gasteiger partial charge in [-0.1, -0.05) is 6.07 Å². The smallest absolute Gasteiger partial charge is 0.287 e. The Morgan fingerprint density at radius 3 is 3.00 bits per heavy atom. The third kappa shape index (κ3) is 2.65. The van der Waals surface area contributed by atoms with Gasteiger partial charge in [0.25, 0.3) is 11.5 Å². The van der Waals surface area contributed by atoms with Crippen LogP contribution in [0.1, 0.15) is 34.6 Å². The topological polar surface area (TPSA) is 76.3 Å². The van der Waals surface area contributed by atoms with Gasteiger partial charge in [0.15, 0.2) is 11.0 Å². The first-order valence-electron chi connectivity index (χ1n) is 8.09. The van der Waals surface area contributed by atoms with Crippen LogP contribution >= 0.6 is 11.6 Å². The lowest BCUT2D eigenvalue weighted by Crippen LogP contribution is -2.50. The Morgan fingerprint density at radius 2 is 2.21 bits per heavy atom. The lowest BCUT2D eigenvalue weighted by molar-refractivity contribution is 0.0904. The molecule has 4 heterocycles. The first-order valence-corrected chi connectivity index (χ1v) is 8.47. The molecule has 3 atom stereocenters. The van der Waals surface area contributed by atoms with Crippen molar-refractivity contribution in [2.24, 2.45) is 5.92 Å². The number of amides is 1. The molecule has 2 bridgehead atoms. The first-order chi connectivity index (χ1) is 11.6. The quantitative estimate of drug-likeness (QED) is 0.887. The molecule has 2 aromatic heterocycles. The van der Waals surface area contributed by atoms with Crippen molar-refractivity contribution in [1.82, 2.24) is 15.2 Å². The van der Waals surface area contributed by atoms with Gasteiger partial charge in [0.1, 0.15) is 0 Å². The van der Waals surface area contributed by atoms with Crippen LogP contribution in [0.25, 0.3) is 0 Å². The van der Waals surface area contributed by atoms with Crippen molar-refractivity contribution >= 4 is 17.5 Å². The number of carbonyl (C=O) groups excluding carboxylic acids is 1. The molecule has 0 spiro atoms. The molecule has 0 unspecified atom stereocenters. The highest BCUT2D eigenvalue weighted by atomic mass is 35.5. The van der Waals surface area contributed by atoms with Gasteiger partial charge < -0.3 is 19.6 Å². The molecule has 7 heteroatoms. The SMILES string of the molecule is O=C(NC[C@H]1[C@@H]2CNC[C@@H](C2)c2cccc(=O)n21)c1ccc(Cl)o1. The summed E-state index contributed by atoms with van der Waals surface area (Å²) >= 11 is 5.71. The molecule has 0 aliphatic carbocycles. The molecule has 2 N–H and O–H groups in total. The van der Waals surface area contributed by atoms with E-state index in [1.807, 2.05) is 16.7 Å². The van der Waals surface area contributed by atoms with Crippen molar-refractivity contribution in [3.8, 4) is 0 Å². The minimum absolute atomic E-state index is 0.00982. The Hall–Kier alpha value is -2.05. The zero-order valence-corrected chi connectivity index (χ0v) is 13.8. The molecule has 0 saturated carbocycles. The fourth-order valence-electron chi connectivity index (χ4n) is 3.89. The van der Waals surface area contributed by atoms with Crippen LogP contribution in [-0.4, -0.2) is 30.1 Å².